The van der Waals surface area contributed by atoms with E-state index in [1.807, 2.05) is 13.0 Å². The second kappa shape index (κ2) is 7.25. The molecule has 0 spiro atoms. The zero-order chi connectivity index (χ0) is 15.2. The van der Waals surface area contributed by atoms with Gasteiger partial charge >= 0.3 is 0 Å². The molecular formula is C14H24N4O2. The number of hydrogen-bond acceptors (Lipinski definition) is 4. The molecule has 0 aromatic carbocycles. The highest BCUT2D eigenvalue weighted by Crippen LogP contribution is 2.29. The maximum atomic E-state index is 11.9. The van der Waals surface area contributed by atoms with Crippen LogP contribution in [0.15, 0.2) is 0 Å². The van der Waals surface area contributed by atoms with E-state index in [-0.39, 0.29) is 17.2 Å². The summed E-state index contributed by atoms with van der Waals surface area (Å²) in [5.41, 5.74) is -0.343. The number of nitrogens with zero attached hydrogens (tertiary/aromatic N) is 3. The minimum atomic E-state index is -0.343. The molecule has 6 nitrogen and oxygen atoms in total. The van der Waals surface area contributed by atoms with Crippen molar-refractivity contribution in [3.63, 3.8) is 0 Å². The summed E-state index contributed by atoms with van der Waals surface area (Å²) in [7, 11) is 3.38. The van der Waals surface area contributed by atoms with Crippen LogP contribution in [0.2, 0.25) is 0 Å². The van der Waals surface area contributed by atoms with Gasteiger partial charge in [0.1, 0.15) is 0 Å². The Morgan fingerprint density at radius 2 is 2.20 bits per heavy atom. The third-order valence-electron chi connectivity index (χ3n) is 3.95. The Balaban J connectivity index is 2.36. The lowest BCUT2D eigenvalue weighted by Crippen LogP contribution is -2.39. The first-order valence-corrected chi connectivity index (χ1v) is 6.98. The smallest absolute Gasteiger partial charge is 0.227 e. The maximum absolute atomic E-state index is 11.9. The largest absolute Gasteiger partial charge is 0.359 e. The third-order valence-corrected chi connectivity index (χ3v) is 3.95. The molecule has 0 aromatic heterocycles. The van der Waals surface area contributed by atoms with Crippen molar-refractivity contribution < 1.29 is 9.59 Å². The maximum Gasteiger partial charge on any atom is 0.227 e. The molecule has 1 aliphatic rings. The normalized spacial score (nSPS) is 22.3. The zero-order valence-electron chi connectivity index (χ0n) is 12.6. The lowest BCUT2D eigenvalue weighted by Gasteiger charge is -2.23. The van der Waals surface area contributed by atoms with Gasteiger partial charge in [0.25, 0.3) is 0 Å². The van der Waals surface area contributed by atoms with E-state index >= 15 is 0 Å². The fourth-order valence-electron chi connectivity index (χ4n) is 2.52. The van der Waals surface area contributed by atoms with Gasteiger partial charge in [-0.2, -0.15) is 5.26 Å². The van der Waals surface area contributed by atoms with E-state index in [2.05, 4.69) is 10.2 Å². The van der Waals surface area contributed by atoms with Crippen LogP contribution in [0.25, 0.3) is 0 Å². The summed E-state index contributed by atoms with van der Waals surface area (Å²) < 4.78 is 0. The van der Waals surface area contributed by atoms with Crippen molar-refractivity contribution in [2.75, 3.05) is 40.3 Å². The highest BCUT2D eigenvalue weighted by atomic mass is 16.2. The van der Waals surface area contributed by atoms with Gasteiger partial charge in [-0.05, 0) is 19.9 Å². The van der Waals surface area contributed by atoms with E-state index in [1.54, 1.807) is 19.0 Å². The Kier molecular flexibility index (Phi) is 5.96. The predicted molar refractivity (Wildman–Crippen MR) is 75.7 cm³/mol. The zero-order valence-corrected chi connectivity index (χ0v) is 12.6. The van der Waals surface area contributed by atoms with Crippen LogP contribution in [0.5, 0.6) is 0 Å². The van der Waals surface area contributed by atoms with Crippen LogP contribution >= 0.6 is 0 Å². The summed E-state index contributed by atoms with van der Waals surface area (Å²) in [5, 5.41) is 11.2. The molecule has 1 N–H and O–H groups in total. The minimum absolute atomic E-state index is 0.0498. The number of likely N-dealkylation sites (tertiary alicyclic amines) is 1. The quantitative estimate of drug-likeness (QED) is 0.754. The third kappa shape index (κ3) is 4.20. The Labute approximate surface area is 120 Å². The van der Waals surface area contributed by atoms with Crippen molar-refractivity contribution in [1.82, 2.24) is 15.1 Å². The molecule has 20 heavy (non-hydrogen) atoms. The average Bonchev–Trinajstić information content (AvgIpc) is 2.84. The first kappa shape index (κ1) is 16.4. The number of nitriles is 1. The molecule has 0 radical (unpaired) electrons. The fourth-order valence-corrected chi connectivity index (χ4v) is 2.52. The number of nitrogens with one attached hydrogen (secondary N) is 1. The van der Waals surface area contributed by atoms with Gasteiger partial charge in [0.2, 0.25) is 11.8 Å². The average molecular weight is 280 g/mol. The molecule has 0 aromatic rings. The van der Waals surface area contributed by atoms with Gasteiger partial charge in [-0.1, -0.05) is 0 Å². The first-order valence-electron chi connectivity index (χ1n) is 6.98. The molecular weight excluding hydrogens is 256 g/mol. The molecule has 6 heteroatoms. The van der Waals surface area contributed by atoms with E-state index in [1.165, 1.54) is 0 Å². The second-order valence-corrected chi connectivity index (χ2v) is 5.64. The number of rotatable bonds is 6. The summed E-state index contributed by atoms with van der Waals surface area (Å²) in [6.45, 7) is 4.65. The lowest BCUT2D eigenvalue weighted by atomic mass is 9.89. The van der Waals surface area contributed by atoms with Crippen molar-refractivity contribution in [3.8, 4) is 6.07 Å². The van der Waals surface area contributed by atoms with E-state index in [0.29, 0.717) is 32.5 Å². The van der Waals surface area contributed by atoms with Crippen molar-refractivity contribution in [2.24, 2.45) is 5.41 Å². The number of carbonyl (C=O) groups is 2. The van der Waals surface area contributed by atoms with Crippen LogP contribution in [0.3, 0.4) is 0 Å². The van der Waals surface area contributed by atoms with Gasteiger partial charge in [-0.3, -0.25) is 9.59 Å². The summed E-state index contributed by atoms with van der Waals surface area (Å²) in [6, 6.07) is 2.03. The number of hydrogen-bond donors (Lipinski definition) is 1. The highest BCUT2D eigenvalue weighted by molar-refractivity contribution is 5.82. The Morgan fingerprint density at radius 3 is 2.80 bits per heavy atom. The molecule has 1 saturated heterocycles. The summed E-state index contributed by atoms with van der Waals surface area (Å²) in [4.78, 5) is 27.4. The molecule has 1 fully saturated rings. The molecule has 112 valence electrons. The molecule has 1 heterocycles. The van der Waals surface area contributed by atoms with Crippen LogP contribution < -0.4 is 5.32 Å². The molecule has 1 rings (SSSR count). The molecule has 0 aliphatic carbocycles. The predicted octanol–water partition coefficient (Wildman–Crippen LogP) is 0.207. The van der Waals surface area contributed by atoms with Gasteiger partial charge < -0.3 is 15.1 Å². The summed E-state index contributed by atoms with van der Waals surface area (Å²) in [5.74, 6) is 0.117. The number of amides is 2. The SMILES string of the molecule is CNC(=O)C1(C)CCN(CCC(=O)N(C)CCC#N)C1. The van der Waals surface area contributed by atoms with E-state index in [0.717, 1.165) is 13.0 Å². The second-order valence-electron chi connectivity index (χ2n) is 5.64. The van der Waals surface area contributed by atoms with Crippen LogP contribution in [0, 0.1) is 16.7 Å². The lowest BCUT2D eigenvalue weighted by molar-refractivity contribution is -0.130. The number of carbonyl (C=O) groups excluding carboxylic acids is 2. The first-order chi connectivity index (χ1) is 9.42. The van der Waals surface area contributed by atoms with E-state index in [4.69, 9.17) is 5.26 Å². The van der Waals surface area contributed by atoms with Crippen LogP contribution in [0.1, 0.15) is 26.2 Å². The van der Waals surface area contributed by atoms with Crippen LogP contribution in [-0.4, -0.2) is 61.9 Å². The Morgan fingerprint density at radius 1 is 1.50 bits per heavy atom. The van der Waals surface area contributed by atoms with Gasteiger partial charge in [-0.25, -0.2) is 0 Å². The Hall–Kier alpha value is -1.61. The Bertz CT molecular complexity index is 404. The molecule has 2 amide bonds. The summed E-state index contributed by atoms with van der Waals surface area (Å²) in [6.07, 6.45) is 1.62. The highest BCUT2D eigenvalue weighted by Gasteiger charge is 2.39. The van der Waals surface area contributed by atoms with Gasteiger partial charge in [0.15, 0.2) is 0 Å². The fraction of sp³-hybridized carbons (Fsp3) is 0.786. The van der Waals surface area contributed by atoms with Crippen molar-refractivity contribution in [3.05, 3.63) is 0 Å². The minimum Gasteiger partial charge on any atom is -0.359 e. The molecule has 1 aliphatic heterocycles. The molecule has 0 bridgehead atoms. The van der Waals surface area contributed by atoms with Crippen molar-refractivity contribution in [2.45, 2.75) is 26.2 Å². The van der Waals surface area contributed by atoms with Gasteiger partial charge in [0, 0.05) is 40.2 Å². The van der Waals surface area contributed by atoms with Gasteiger partial charge in [0.05, 0.1) is 17.9 Å². The van der Waals surface area contributed by atoms with E-state index in [9.17, 15) is 9.59 Å². The van der Waals surface area contributed by atoms with E-state index < -0.39 is 0 Å². The summed E-state index contributed by atoms with van der Waals surface area (Å²) >= 11 is 0. The van der Waals surface area contributed by atoms with Crippen molar-refractivity contribution >= 4 is 11.8 Å². The topological polar surface area (TPSA) is 76.4 Å². The molecule has 0 saturated carbocycles. The molecule has 1 unspecified atom stereocenters. The molecule has 1 atom stereocenters. The van der Waals surface area contributed by atoms with Crippen LogP contribution in [0.4, 0.5) is 0 Å². The van der Waals surface area contributed by atoms with Crippen molar-refractivity contribution in [1.29, 1.82) is 5.26 Å². The van der Waals surface area contributed by atoms with Crippen LogP contribution in [-0.2, 0) is 9.59 Å². The monoisotopic (exact) mass is 280 g/mol. The van der Waals surface area contributed by atoms with Gasteiger partial charge in [-0.15, -0.1) is 0 Å². The standard InChI is InChI=1S/C14H24N4O2/c1-14(13(20)16-2)6-10-18(11-14)9-5-12(19)17(3)8-4-7-15/h4-6,8-11H2,1-3H3,(H,16,20).